The summed E-state index contributed by atoms with van der Waals surface area (Å²) < 4.78 is 13.0. The van der Waals surface area contributed by atoms with Gasteiger partial charge >= 0.3 is 0 Å². The van der Waals surface area contributed by atoms with E-state index in [9.17, 15) is 18.8 Å². The van der Waals surface area contributed by atoms with Crippen LogP contribution in [0.4, 0.5) is 4.39 Å². The third-order valence-corrected chi connectivity index (χ3v) is 5.01. The van der Waals surface area contributed by atoms with Crippen molar-refractivity contribution in [1.82, 2.24) is 9.88 Å². The second-order valence-electron chi connectivity index (χ2n) is 5.87. The first-order valence-electron chi connectivity index (χ1n) is 7.49. The van der Waals surface area contributed by atoms with Crippen LogP contribution in [-0.2, 0) is 9.59 Å². The second kappa shape index (κ2) is 6.24. The summed E-state index contributed by atoms with van der Waals surface area (Å²) in [5.41, 5.74) is 0.741. The van der Waals surface area contributed by atoms with E-state index in [0.717, 1.165) is 16.9 Å². The molecule has 0 N–H and O–H groups in total. The highest BCUT2D eigenvalue weighted by Crippen LogP contribution is 2.29. The summed E-state index contributed by atoms with van der Waals surface area (Å²) in [4.78, 5) is 42.7. The molecule has 1 aromatic heterocycles. The van der Waals surface area contributed by atoms with E-state index in [1.54, 1.807) is 26.0 Å². The Labute approximate surface area is 142 Å². The number of hydrogen-bond acceptors (Lipinski definition) is 5. The van der Waals surface area contributed by atoms with Gasteiger partial charge in [0.2, 0.25) is 11.6 Å². The number of benzene rings is 1. The van der Waals surface area contributed by atoms with Crippen molar-refractivity contribution in [2.75, 3.05) is 6.54 Å². The van der Waals surface area contributed by atoms with Crippen LogP contribution in [0.15, 0.2) is 30.5 Å². The Morgan fingerprint density at radius 2 is 1.96 bits per heavy atom. The Balaban J connectivity index is 1.83. The van der Waals surface area contributed by atoms with E-state index in [2.05, 4.69) is 4.98 Å². The monoisotopic (exact) mass is 346 g/mol. The normalized spacial score (nSPS) is 17.8. The van der Waals surface area contributed by atoms with E-state index in [4.69, 9.17) is 0 Å². The SMILES string of the molecule is CC(C)N1CC(C(=O)c2ncc(-c3ccc(F)cc3)s2)C(=O)C1=O. The van der Waals surface area contributed by atoms with E-state index in [1.807, 2.05) is 0 Å². The standard InChI is InChI=1S/C17H15FN2O3S/c1-9(2)20-8-12(15(22)17(20)23)14(21)16-19-7-13(24-16)10-3-5-11(18)6-4-10/h3-7,9,12H,8H2,1-2H3. The van der Waals surface area contributed by atoms with Gasteiger partial charge < -0.3 is 4.90 Å². The third kappa shape index (κ3) is 2.87. The zero-order valence-corrected chi connectivity index (χ0v) is 14.0. The maximum Gasteiger partial charge on any atom is 0.291 e. The van der Waals surface area contributed by atoms with Crippen LogP contribution in [0.5, 0.6) is 0 Å². The van der Waals surface area contributed by atoms with Gasteiger partial charge in [-0.2, -0.15) is 0 Å². The topological polar surface area (TPSA) is 67.3 Å². The highest BCUT2D eigenvalue weighted by Gasteiger charge is 2.44. The first kappa shape index (κ1) is 16.4. The zero-order chi connectivity index (χ0) is 17.4. The highest BCUT2D eigenvalue weighted by atomic mass is 32.1. The number of carbonyl (C=O) groups is 3. The molecular formula is C17H15FN2O3S. The molecule has 0 spiro atoms. The van der Waals surface area contributed by atoms with Crippen LogP contribution in [-0.4, -0.2) is 39.9 Å². The summed E-state index contributed by atoms with van der Waals surface area (Å²) in [7, 11) is 0. The average Bonchev–Trinajstić information content (AvgIpc) is 3.14. The summed E-state index contributed by atoms with van der Waals surface area (Å²) in [6, 6.07) is 5.72. The summed E-state index contributed by atoms with van der Waals surface area (Å²) >= 11 is 1.13. The van der Waals surface area contributed by atoms with E-state index in [0.29, 0.717) is 4.88 Å². The molecule has 5 nitrogen and oxygen atoms in total. The molecule has 7 heteroatoms. The van der Waals surface area contributed by atoms with Crippen LogP contribution in [0.3, 0.4) is 0 Å². The van der Waals surface area contributed by atoms with Crippen LogP contribution in [0.2, 0.25) is 0 Å². The molecule has 0 bridgehead atoms. The molecule has 2 heterocycles. The Morgan fingerprint density at radius 1 is 1.29 bits per heavy atom. The van der Waals surface area contributed by atoms with Crippen LogP contribution in [0, 0.1) is 11.7 Å². The highest BCUT2D eigenvalue weighted by molar-refractivity contribution is 7.17. The second-order valence-corrected chi connectivity index (χ2v) is 6.90. The van der Waals surface area contributed by atoms with Gasteiger partial charge in [-0.3, -0.25) is 14.4 Å². The van der Waals surface area contributed by atoms with Gasteiger partial charge in [0, 0.05) is 18.8 Å². The molecule has 1 aliphatic rings. The lowest BCUT2D eigenvalue weighted by Gasteiger charge is -2.19. The molecule has 2 aromatic rings. The van der Waals surface area contributed by atoms with Gasteiger partial charge in [0.25, 0.3) is 5.91 Å². The molecule has 124 valence electrons. The fourth-order valence-corrected chi connectivity index (χ4v) is 3.50. The number of carbonyl (C=O) groups excluding carboxylic acids is 3. The predicted molar refractivity (Wildman–Crippen MR) is 87.2 cm³/mol. The lowest BCUT2D eigenvalue weighted by atomic mass is 10.0. The molecule has 3 rings (SSSR count). The Hall–Kier alpha value is -2.41. The van der Waals surface area contributed by atoms with Gasteiger partial charge in [0.05, 0.1) is 4.88 Å². The minimum Gasteiger partial charge on any atom is -0.332 e. The molecular weight excluding hydrogens is 331 g/mol. The van der Waals surface area contributed by atoms with E-state index < -0.39 is 23.4 Å². The third-order valence-electron chi connectivity index (χ3n) is 3.95. The van der Waals surface area contributed by atoms with Crippen molar-refractivity contribution < 1.29 is 18.8 Å². The summed E-state index contributed by atoms with van der Waals surface area (Å²) in [6.45, 7) is 3.70. The molecule has 1 saturated heterocycles. The minimum atomic E-state index is -0.993. The summed E-state index contributed by atoms with van der Waals surface area (Å²) in [5, 5.41) is 0.186. The number of likely N-dealkylation sites (tertiary alicyclic amines) is 1. The van der Waals surface area contributed by atoms with Crippen molar-refractivity contribution in [1.29, 1.82) is 0 Å². The Bertz CT molecular complexity index is 813. The van der Waals surface area contributed by atoms with Crippen molar-refractivity contribution in [3.63, 3.8) is 0 Å². The molecule has 1 aliphatic heterocycles. The minimum absolute atomic E-state index is 0.0969. The van der Waals surface area contributed by atoms with Crippen LogP contribution < -0.4 is 0 Å². The first-order chi connectivity index (χ1) is 11.4. The quantitative estimate of drug-likeness (QED) is 0.485. The lowest BCUT2D eigenvalue weighted by Crippen LogP contribution is -2.33. The number of halogens is 1. The van der Waals surface area contributed by atoms with Crippen LogP contribution >= 0.6 is 11.3 Å². The molecule has 0 aliphatic carbocycles. The molecule has 0 saturated carbocycles. The van der Waals surface area contributed by atoms with E-state index in [1.165, 1.54) is 23.2 Å². The van der Waals surface area contributed by atoms with Crippen molar-refractivity contribution in [2.24, 2.45) is 5.92 Å². The number of rotatable bonds is 4. The number of ketones is 2. The molecule has 1 amide bonds. The molecule has 1 unspecified atom stereocenters. The van der Waals surface area contributed by atoms with Gasteiger partial charge in [-0.15, -0.1) is 11.3 Å². The van der Waals surface area contributed by atoms with Gasteiger partial charge in [-0.1, -0.05) is 12.1 Å². The van der Waals surface area contributed by atoms with Crippen molar-refractivity contribution in [3.05, 3.63) is 41.3 Å². The van der Waals surface area contributed by atoms with Crippen molar-refractivity contribution >= 4 is 28.8 Å². The van der Waals surface area contributed by atoms with Gasteiger partial charge in [0.15, 0.2) is 5.01 Å². The molecule has 24 heavy (non-hydrogen) atoms. The van der Waals surface area contributed by atoms with Crippen LogP contribution in [0.1, 0.15) is 23.6 Å². The lowest BCUT2D eigenvalue weighted by molar-refractivity contribution is -0.141. The van der Waals surface area contributed by atoms with Crippen LogP contribution in [0.25, 0.3) is 10.4 Å². The Kier molecular flexibility index (Phi) is 4.28. The molecule has 1 atom stereocenters. The smallest absolute Gasteiger partial charge is 0.291 e. The zero-order valence-electron chi connectivity index (χ0n) is 13.2. The number of amides is 1. The molecule has 1 fully saturated rings. The predicted octanol–water partition coefficient (Wildman–Crippen LogP) is 2.57. The van der Waals surface area contributed by atoms with Gasteiger partial charge in [-0.25, -0.2) is 9.37 Å². The number of hydrogen-bond donors (Lipinski definition) is 0. The summed E-state index contributed by atoms with van der Waals surface area (Å²) in [6.07, 6.45) is 1.52. The average molecular weight is 346 g/mol. The molecule has 0 radical (unpaired) electrons. The van der Waals surface area contributed by atoms with E-state index >= 15 is 0 Å². The summed E-state index contributed by atoms with van der Waals surface area (Å²) in [5.74, 6) is -3.06. The fraction of sp³-hybridized carbons (Fsp3) is 0.294. The maximum atomic E-state index is 13.0. The molecule has 1 aromatic carbocycles. The Morgan fingerprint density at radius 3 is 2.54 bits per heavy atom. The van der Waals surface area contributed by atoms with Crippen molar-refractivity contribution in [2.45, 2.75) is 19.9 Å². The first-order valence-corrected chi connectivity index (χ1v) is 8.31. The number of nitrogens with zero attached hydrogens (tertiary/aromatic N) is 2. The number of aromatic nitrogens is 1. The van der Waals surface area contributed by atoms with Crippen molar-refractivity contribution in [3.8, 4) is 10.4 Å². The number of Topliss-reactive ketones (excluding diaryl/α,β-unsaturated/α-hetero) is 2. The van der Waals surface area contributed by atoms with Gasteiger partial charge in [-0.05, 0) is 31.5 Å². The number of thiazole rings is 1. The van der Waals surface area contributed by atoms with Gasteiger partial charge in [0.1, 0.15) is 11.7 Å². The fourth-order valence-electron chi connectivity index (χ4n) is 2.59. The largest absolute Gasteiger partial charge is 0.332 e. The maximum absolute atomic E-state index is 13.0. The van der Waals surface area contributed by atoms with E-state index in [-0.39, 0.29) is 23.4 Å².